The Balaban J connectivity index is 1.50. The molecule has 1 atom stereocenters. The molecule has 0 aromatic heterocycles. The van der Waals surface area contributed by atoms with Crippen molar-refractivity contribution in [2.45, 2.75) is 44.5 Å². The lowest BCUT2D eigenvalue weighted by Gasteiger charge is -2.37. The highest BCUT2D eigenvalue weighted by Gasteiger charge is 2.32. The molecule has 208 valence electrons. The number of hydrogen-bond acceptors (Lipinski definition) is 5. The molecule has 40 heavy (non-hydrogen) atoms. The highest BCUT2D eigenvalue weighted by Crippen LogP contribution is 2.34. The highest BCUT2D eigenvalue weighted by molar-refractivity contribution is 6.10. The van der Waals surface area contributed by atoms with Crippen molar-refractivity contribution in [3.05, 3.63) is 106 Å². The van der Waals surface area contributed by atoms with Crippen LogP contribution in [0.25, 0.3) is 5.70 Å². The van der Waals surface area contributed by atoms with Gasteiger partial charge in [0, 0.05) is 29.3 Å². The van der Waals surface area contributed by atoms with Crippen molar-refractivity contribution >= 4 is 17.3 Å². The molecule has 11 heteroatoms. The number of rotatable bonds is 7. The van der Waals surface area contributed by atoms with E-state index >= 15 is 0 Å². The summed E-state index contributed by atoms with van der Waals surface area (Å²) in [5.74, 6) is -2.58. The van der Waals surface area contributed by atoms with Gasteiger partial charge in [0.2, 0.25) is 0 Å². The fraction of sp³-hybridized carbons (Fsp3) is 0.276. The molecule has 0 saturated heterocycles. The molecule has 6 nitrogen and oxygen atoms in total. The van der Waals surface area contributed by atoms with E-state index in [0.29, 0.717) is 22.4 Å². The van der Waals surface area contributed by atoms with Gasteiger partial charge >= 0.3 is 6.18 Å². The maximum absolute atomic E-state index is 14.5. The Kier molecular flexibility index (Phi) is 7.35. The number of nitrogens with zero attached hydrogens (tertiary/aromatic N) is 2. The third kappa shape index (κ3) is 5.85. The zero-order chi connectivity index (χ0) is 28.6. The number of carbonyl (C=O) groups is 1. The Hall–Kier alpha value is -4.21. The fourth-order valence-electron chi connectivity index (χ4n) is 4.40. The van der Waals surface area contributed by atoms with E-state index in [4.69, 9.17) is 0 Å². The molecule has 1 fully saturated rings. The molecule has 2 aliphatic heterocycles. The van der Waals surface area contributed by atoms with Crippen LogP contribution in [0, 0.1) is 18.6 Å². The van der Waals surface area contributed by atoms with Crippen molar-refractivity contribution in [1.82, 2.24) is 15.8 Å². The molecule has 3 aliphatic rings. The van der Waals surface area contributed by atoms with Crippen molar-refractivity contribution < 1.29 is 31.9 Å². The summed E-state index contributed by atoms with van der Waals surface area (Å²) in [6.07, 6.45) is -0.840. The molecule has 1 unspecified atom stereocenters. The van der Waals surface area contributed by atoms with Gasteiger partial charge in [-0.25, -0.2) is 13.8 Å². The topological polar surface area (TPSA) is 77.0 Å². The van der Waals surface area contributed by atoms with E-state index < -0.39 is 36.9 Å². The Morgan fingerprint density at radius 2 is 2.02 bits per heavy atom. The van der Waals surface area contributed by atoms with Crippen LogP contribution in [0.5, 0.6) is 0 Å². The monoisotopic (exact) mass is 556 g/mol. The first-order chi connectivity index (χ1) is 19.0. The largest absolute Gasteiger partial charge is 0.390 e. The maximum atomic E-state index is 14.5. The van der Waals surface area contributed by atoms with Crippen LogP contribution >= 0.6 is 0 Å². The molecule has 0 bridgehead atoms. The van der Waals surface area contributed by atoms with Crippen LogP contribution < -0.4 is 10.7 Å². The first-order valence-electron chi connectivity index (χ1n) is 12.6. The number of allylic oxidation sites excluding steroid dienone is 2. The van der Waals surface area contributed by atoms with Gasteiger partial charge in [0.25, 0.3) is 5.91 Å². The average molecular weight is 557 g/mol. The van der Waals surface area contributed by atoms with Gasteiger partial charge in [-0.15, -0.1) is 0 Å². The minimum atomic E-state index is -4.43. The molecule has 1 amide bonds. The van der Waals surface area contributed by atoms with Gasteiger partial charge in [0.15, 0.2) is 11.6 Å². The first-order valence-corrected chi connectivity index (χ1v) is 12.6. The van der Waals surface area contributed by atoms with E-state index in [2.05, 4.69) is 21.5 Å². The number of hydrazine groups is 1. The molecule has 1 saturated carbocycles. The lowest BCUT2D eigenvalue weighted by Crippen LogP contribution is -2.43. The quantitative estimate of drug-likeness (QED) is 0.316. The second-order valence-electron chi connectivity index (χ2n) is 9.71. The molecule has 5 rings (SSSR count). The van der Waals surface area contributed by atoms with Crippen molar-refractivity contribution in [3.63, 3.8) is 0 Å². The number of nitrogens with one attached hydrogen (secondary N) is 2. The predicted octanol–water partition coefficient (Wildman–Crippen LogP) is 5.39. The Morgan fingerprint density at radius 3 is 2.73 bits per heavy atom. The van der Waals surface area contributed by atoms with Crippen LogP contribution in [0.3, 0.4) is 0 Å². The number of aryl methyl sites for hydroxylation is 1. The molecule has 2 heterocycles. The molecule has 1 aliphatic carbocycles. The normalized spacial score (nSPS) is 18.4. The second-order valence-corrected chi connectivity index (χ2v) is 9.71. The van der Waals surface area contributed by atoms with E-state index in [1.54, 1.807) is 37.3 Å². The Labute approximate surface area is 226 Å². The zero-order valence-corrected chi connectivity index (χ0v) is 21.3. The zero-order valence-electron chi connectivity index (χ0n) is 21.3. The summed E-state index contributed by atoms with van der Waals surface area (Å²) in [6.45, 7) is 1.20. The van der Waals surface area contributed by atoms with Gasteiger partial charge in [-0.2, -0.15) is 13.2 Å². The number of aliphatic hydroxyl groups is 1. The summed E-state index contributed by atoms with van der Waals surface area (Å²) in [6, 6.07) is 8.74. The molecule has 3 N–H and O–H groups in total. The smallest absolute Gasteiger partial charge is 0.382 e. The van der Waals surface area contributed by atoms with Crippen LogP contribution in [-0.4, -0.2) is 40.5 Å². The summed E-state index contributed by atoms with van der Waals surface area (Å²) in [5, 5.41) is 15.4. The van der Waals surface area contributed by atoms with Crippen LogP contribution in [0.15, 0.2) is 76.7 Å². The van der Waals surface area contributed by atoms with Crippen LogP contribution in [0.4, 0.5) is 22.0 Å². The molecule has 2 aromatic carbocycles. The predicted molar refractivity (Wildman–Crippen MR) is 139 cm³/mol. The van der Waals surface area contributed by atoms with Crippen molar-refractivity contribution in [3.8, 4) is 0 Å². The van der Waals surface area contributed by atoms with Crippen molar-refractivity contribution in [2.24, 2.45) is 4.99 Å². The second kappa shape index (κ2) is 10.7. The minimum absolute atomic E-state index is 0.0363. The fourth-order valence-corrected chi connectivity index (χ4v) is 4.40. The number of aliphatic hydroxyl groups excluding tert-OH is 1. The summed E-state index contributed by atoms with van der Waals surface area (Å²) < 4.78 is 66.9. The minimum Gasteiger partial charge on any atom is -0.382 e. The lowest BCUT2D eigenvalue weighted by atomic mass is 9.99. The van der Waals surface area contributed by atoms with Gasteiger partial charge in [0.05, 0.1) is 23.5 Å². The molecule has 0 radical (unpaired) electrons. The average Bonchev–Trinajstić information content (AvgIpc) is 3.72. The SMILES string of the molecule is Cc1cc(C2=CC=C=C3C(=NCCC(F)(F)F)C=C(C(O)c4cccc(F)c4F)NN32)ccc1C(=O)NC1CC1. The summed E-state index contributed by atoms with van der Waals surface area (Å²) in [4.78, 5) is 16.7. The standard InChI is InChI=1S/C29H25F5N4O2/c1-16-14-17(8-11-19(16)28(40)36-18-9-10-18)24-6-3-7-25-22(35-13-12-29(32,33)34)15-23(37-38(24)25)27(39)20-4-2-5-21(30)26(20)31/h2-6,8,11,14-15,18,27,37,39H,9-10,12-13H2,1H3,(H,36,40). The first kappa shape index (κ1) is 27.4. The van der Waals surface area contributed by atoms with Crippen molar-refractivity contribution in [1.29, 1.82) is 0 Å². The van der Waals surface area contributed by atoms with E-state index in [0.717, 1.165) is 18.9 Å². The van der Waals surface area contributed by atoms with Gasteiger partial charge in [-0.1, -0.05) is 23.9 Å². The number of alkyl halides is 3. The number of aliphatic imine (C=N–C) groups is 1. The maximum Gasteiger partial charge on any atom is 0.390 e. The van der Waals surface area contributed by atoms with Crippen molar-refractivity contribution in [2.75, 3.05) is 6.54 Å². The van der Waals surface area contributed by atoms with Gasteiger partial charge < -0.3 is 10.4 Å². The Morgan fingerprint density at radius 1 is 1.25 bits per heavy atom. The number of amides is 1. The van der Waals surface area contributed by atoms with Gasteiger partial charge in [0.1, 0.15) is 11.8 Å². The van der Waals surface area contributed by atoms with Crippen LogP contribution in [0.2, 0.25) is 0 Å². The third-order valence-corrected chi connectivity index (χ3v) is 6.63. The summed E-state index contributed by atoms with van der Waals surface area (Å²) in [7, 11) is 0. The molecule has 2 aromatic rings. The van der Waals surface area contributed by atoms with E-state index in [-0.39, 0.29) is 34.6 Å². The molecular weight excluding hydrogens is 531 g/mol. The van der Waals surface area contributed by atoms with E-state index in [9.17, 15) is 31.9 Å². The number of carbonyl (C=O) groups excluding carboxylic acids is 1. The van der Waals surface area contributed by atoms with E-state index in [1.165, 1.54) is 23.2 Å². The molecular formula is C29H25F5N4O2. The van der Waals surface area contributed by atoms with Crippen LogP contribution in [0.1, 0.15) is 52.4 Å². The van der Waals surface area contributed by atoms with E-state index in [1.807, 2.05) is 0 Å². The summed E-state index contributed by atoms with van der Waals surface area (Å²) in [5.41, 5.74) is 8.21. The number of benzene rings is 2. The highest BCUT2D eigenvalue weighted by atomic mass is 19.4. The number of fused-ring (bicyclic) bond motifs is 1. The molecule has 0 spiro atoms. The Bertz CT molecular complexity index is 1510. The lowest BCUT2D eigenvalue weighted by molar-refractivity contribution is -0.132. The van der Waals surface area contributed by atoms with Gasteiger partial charge in [-0.05, 0) is 61.8 Å². The van der Waals surface area contributed by atoms with Crippen LogP contribution in [-0.2, 0) is 0 Å². The summed E-state index contributed by atoms with van der Waals surface area (Å²) >= 11 is 0. The third-order valence-electron chi connectivity index (χ3n) is 6.63. The number of halogens is 5. The number of hydrogen-bond donors (Lipinski definition) is 3. The van der Waals surface area contributed by atoms with Gasteiger partial charge in [-0.3, -0.25) is 15.2 Å².